The molecule has 2 aromatic rings. The SMILES string of the molecule is CCCOCCOc1nc(Oc2ccc3c(c2)COB3O)c(Cl)cc1C#N. The molecule has 1 aromatic carbocycles. The van der Waals surface area contributed by atoms with Crippen LogP contribution in [0.25, 0.3) is 0 Å². The average molecular weight is 389 g/mol. The van der Waals surface area contributed by atoms with Crippen LogP contribution in [0, 0.1) is 11.3 Å². The molecular formula is C18H18BClN2O5. The van der Waals surface area contributed by atoms with Crippen molar-refractivity contribution in [2.45, 2.75) is 20.0 Å². The number of ether oxygens (including phenoxy) is 3. The second-order valence-electron chi connectivity index (χ2n) is 5.83. The largest absolute Gasteiger partial charge is 0.491 e. The molecule has 9 heteroatoms. The van der Waals surface area contributed by atoms with E-state index < -0.39 is 7.12 Å². The molecule has 0 amide bonds. The lowest BCUT2D eigenvalue weighted by molar-refractivity contribution is 0.0987. The van der Waals surface area contributed by atoms with Gasteiger partial charge in [0.25, 0.3) is 0 Å². The molecule has 0 unspecified atom stereocenters. The third kappa shape index (κ3) is 4.70. The molecule has 0 bridgehead atoms. The van der Waals surface area contributed by atoms with E-state index >= 15 is 0 Å². The summed E-state index contributed by atoms with van der Waals surface area (Å²) in [5, 5.41) is 19.1. The first-order valence-corrected chi connectivity index (χ1v) is 8.91. The van der Waals surface area contributed by atoms with Crippen LogP contribution in [0.4, 0.5) is 0 Å². The monoisotopic (exact) mass is 388 g/mol. The van der Waals surface area contributed by atoms with Crippen molar-refractivity contribution in [2.24, 2.45) is 0 Å². The minimum atomic E-state index is -0.916. The van der Waals surface area contributed by atoms with E-state index in [1.165, 1.54) is 6.07 Å². The summed E-state index contributed by atoms with van der Waals surface area (Å²) in [6.45, 7) is 3.62. The minimum absolute atomic E-state index is 0.125. The summed E-state index contributed by atoms with van der Waals surface area (Å²) < 4.78 is 21.8. The molecular weight excluding hydrogens is 370 g/mol. The molecule has 0 spiro atoms. The number of hydrogen-bond donors (Lipinski definition) is 1. The molecule has 0 fully saturated rings. The number of aromatic nitrogens is 1. The molecule has 1 N–H and O–H groups in total. The lowest BCUT2D eigenvalue weighted by Gasteiger charge is -2.12. The van der Waals surface area contributed by atoms with Gasteiger partial charge in [0.05, 0.1) is 13.2 Å². The average Bonchev–Trinajstić information content (AvgIpc) is 3.04. The van der Waals surface area contributed by atoms with Gasteiger partial charge in [0, 0.05) is 6.61 Å². The van der Waals surface area contributed by atoms with Crippen LogP contribution < -0.4 is 14.9 Å². The fraction of sp³-hybridized carbons (Fsp3) is 0.333. The first kappa shape index (κ1) is 19.5. The first-order valence-electron chi connectivity index (χ1n) is 8.54. The molecule has 1 aliphatic heterocycles. The molecule has 1 aromatic heterocycles. The van der Waals surface area contributed by atoms with Crippen molar-refractivity contribution in [3.05, 3.63) is 40.4 Å². The number of hydrogen-bond acceptors (Lipinski definition) is 7. The van der Waals surface area contributed by atoms with Gasteiger partial charge in [-0.1, -0.05) is 24.6 Å². The summed E-state index contributed by atoms with van der Waals surface area (Å²) in [5.41, 5.74) is 1.75. The number of nitriles is 1. The third-order valence-electron chi connectivity index (χ3n) is 3.84. The Morgan fingerprint density at radius 3 is 2.93 bits per heavy atom. The van der Waals surface area contributed by atoms with Gasteiger partial charge in [0.1, 0.15) is 29.0 Å². The van der Waals surface area contributed by atoms with Crippen molar-refractivity contribution in [3.63, 3.8) is 0 Å². The second kappa shape index (κ2) is 9.06. The van der Waals surface area contributed by atoms with Gasteiger partial charge in [-0.3, -0.25) is 0 Å². The number of nitrogens with zero attached hydrogens (tertiary/aromatic N) is 2. The number of halogens is 1. The number of pyridine rings is 1. The highest BCUT2D eigenvalue weighted by atomic mass is 35.5. The van der Waals surface area contributed by atoms with Crippen LogP contribution in [-0.2, 0) is 16.0 Å². The Morgan fingerprint density at radius 1 is 1.30 bits per heavy atom. The Hall–Kier alpha value is -2.31. The molecule has 0 aliphatic carbocycles. The fourth-order valence-electron chi connectivity index (χ4n) is 2.54. The number of fused-ring (bicyclic) bond motifs is 1. The van der Waals surface area contributed by atoms with Crippen LogP contribution in [0.5, 0.6) is 17.5 Å². The highest BCUT2D eigenvalue weighted by Gasteiger charge is 2.27. The molecule has 0 saturated carbocycles. The van der Waals surface area contributed by atoms with Gasteiger partial charge in [-0.05, 0) is 35.6 Å². The van der Waals surface area contributed by atoms with E-state index in [1.807, 2.05) is 13.0 Å². The minimum Gasteiger partial charge on any atom is -0.474 e. The predicted molar refractivity (Wildman–Crippen MR) is 99.5 cm³/mol. The van der Waals surface area contributed by atoms with Gasteiger partial charge in [-0.15, -0.1) is 0 Å². The Bertz CT molecular complexity index is 858. The maximum Gasteiger partial charge on any atom is 0.491 e. The van der Waals surface area contributed by atoms with E-state index in [0.29, 0.717) is 31.0 Å². The standard InChI is InChI=1S/C18H18BClN2O5/c1-2-5-24-6-7-25-17-12(10-21)9-16(20)18(22-17)27-14-3-4-15-13(8-14)11-26-19(15)23/h3-4,8-9,23H,2,5-7,11H2,1H3. The van der Waals surface area contributed by atoms with Crippen molar-refractivity contribution in [2.75, 3.05) is 19.8 Å². The van der Waals surface area contributed by atoms with Crippen LogP contribution in [0.3, 0.4) is 0 Å². The zero-order valence-corrected chi connectivity index (χ0v) is 15.5. The van der Waals surface area contributed by atoms with Crippen molar-refractivity contribution >= 4 is 24.2 Å². The van der Waals surface area contributed by atoms with Crippen molar-refractivity contribution < 1.29 is 23.9 Å². The van der Waals surface area contributed by atoms with Crippen LogP contribution in [-0.4, -0.2) is 36.9 Å². The van der Waals surface area contributed by atoms with E-state index in [4.69, 9.17) is 30.5 Å². The van der Waals surface area contributed by atoms with Gasteiger partial charge >= 0.3 is 7.12 Å². The molecule has 7 nitrogen and oxygen atoms in total. The molecule has 140 valence electrons. The maximum atomic E-state index is 9.68. The Morgan fingerprint density at radius 2 is 2.15 bits per heavy atom. The molecule has 27 heavy (non-hydrogen) atoms. The number of rotatable bonds is 8. The van der Waals surface area contributed by atoms with Crippen molar-refractivity contribution in [1.82, 2.24) is 4.98 Å². The van der Waals surface area contributed by atoms with E-state index in [0.717, 1.165) is 12.0 Å². The van der Waals surface area contributed by atoms with E-state index in [9.17, 15) is 10.3 Å². The Kier molecular flexibility index (Phi) is 6.53. The summed E-state index contributed by atoms with van der Waals surface area (Å²) >= 11 is 6.19. The van der Waals surface area contributed by atoms with E-state index in [-0.39, 0.29) is 29.0 Å². The topological polar surface area (TPSA) is 93.8 Å². The number of benzene rings is 1. The lowest BCUT2D eigenvalue weighted by atomic mass is 9.80. The van der Waals surface area contributed by atoms with Crippen molar-refractivity contribution in [3.8, 4) is 23.6 Å². The molecule has 0 radical (unpaired) electrons. The Balaban J connectivity index is 1.75. The van der Waals surface area contributed by atoms with Gasteiger partial charge in [-0.25, -0.2) is 0 Å². The van der Waals surface area contributed by atoms with Gasteiger partial charge < -0.3 is 23.9 Å². The smallest absolute Gasteiger partial charge is 0.474 e. The fourth-order valence-corrected chi connectivity index (χ4v) is 2.73. The van der Waals surface area contributed by atoms with E-state index in [2.05, 4.69) is 4.98 Å². The summed E-state index contributed by atoms with van der Waals surface area (Å²) in [5.74, 6) is 0.749. The second-order valence-corrected chi connectivity index (χ2v) is 6.23. The van der Waals surface area contributed by atoms with Crippen LogP contribution in [0.15, 0.2) is 24.3 Å². The molecule has 0 saturated heterocycles. The molecule has 3 rings (SSSR count). The van der Waals surface area contributed by atoms with Gasteiger partial charge in [-0.2, -0.15) is 10.2 Å². The summed E-state index contributed by atoms with van der Waals surface area (Å²) in [4.78, 5) is 4.23. The molecule has 2 heterocycles. The summed E-state index contributed by atoms with van der Waals surface area (Å²) in [6.07, 6.45) is 0.920. The predicted octanol–water partition coefficient (Wildman–Crippen LogP) is 2.42. The van der Waals surface area contributed by atoms with E-state index in [1.54, 1.807) is 18.2 Å². The third-order valence-corrected chi connectivity index (χ3v) is 4.11. The Labute approximate surface area is 162 Å². The lowest BCUT2D eigenvalue weighted by Crippen LogP contribution is -2.27. The zero-order valence-electron chi connectivity index (χ0n) is 14.8. The normalized spacial score (nSPS) is 12.6. The van der Waals surface area contributed by atoms with Crippen LogP contribution in [0.2, 0.25) is 5.02 Å². The van der Waals surface area contributed by atoms with Crippen LogP contribution >= 0.6 is 11.6 Å². The van der Waals surface area contributed by atoms with Gasteiger partial charge in [0.2, 0.25) is 11.8 Å². The summed E-state index contributed by atoms with van der Waals surface area (Å²) in [6, 6.07) is 8.62. The van der Waals surface area contributed by atoms with Crippen molar-refractivity contribution in [1.29, 1.82) is 5.26 Å². The zero-order chi connectivity index (χ0) is 19.2. The molecule has 0 atom stereocenters. The highest BCUT2D eigenvalue weighted by Crippen LogP contribution is 2.32. The van der Waals surface area contributed by atoms with Crippen LogP contribution in [0.1, 0.15) is 24.5 Å². The maximum absolute atomic E-state index is 9.68. The summed E-state index contributed by atoms with van der Waals surface area (Å²) in [7, 11) is -0.916. The first-order chi connectivity index (χ1) is 13.1. The quantitative estimate of drug-likeness (QED) is 0.548. The highest BCUT2D eigenvalue weighted by molar-refractivity contribution is 6.61. The van der Waals surface area contributed by atoms with Gasteiger partial charge in [0.15, 0.2) is 0 Å². The molecule has 1 aliphatic rings.